The van der Waals surface area contributed by atoms with E-state index >= 15 is 0 Å². The number of nitrogens with zero attached hydrogens (tertiary/aromatic N) is 6. The molecule has 0 aliphatic carbocycles. The van der Waals surface area contributed by atoms with Crippen molar-refractivity contribution in [2.75, 3.05) is 17.6 Å². The van der Waals surface area contributed by atoms with Crippen LogP contribution in [0.1, 0.15) is 34.2 Å². The Bertz CT molecular complexity index is 1920. The molecule has 41 heavy (non-hydrogen) atoms. The number of nitrogen functional groups attached to an aromatic ring is 1. The monoisotopic (exact) mass is 551 g/mol. The van der Waals surface area contributed by atoms with Crippen molar-refractivity contribution in [3.8, 4) is 17.5 Å². The minimum absolute atomic E-state index is 0.154. The molecule has 1 aliphatic heterocycles. The number of nitrogens with one attached hydrogen (secondary N) is 1. The zero-order valence-corrected chi connectivity index (χ0v) is 22.3. The van der Waals surface area contributed by atoms with Gasteiger partial charge in [0.05, 0.1) is 28.4 Å². The first-order chi connectivity index (χ1) is 19.8. The van der Waals surface area contributed by atoms with E-state index in [9.17, 15) is 14.0 Å². The van der Waals surface area contributed by atoms with Gasteiger partial charge in [-0.15, -0.1) is 5.10 Å². The van der Waals surface area contributed by atoms with Crippen LogP contribution < -0.4 is 22.3 Å². The minimum atomic E-state index is -0.568. The lowest BCUT2D eigenvalue weighted by Crippen LogP contribution is -2.24. The predicted molar refractivity (Wildman–Crippen MR) is 155 cm³/mol. The van der Waals surface area contributed by atoms with Gasteiger partial charge in [-0.1, -0.05) is 24.8 Å². The van der Waals surface area contributed by atoms with E-state index in [1.165, 1.54) is 21.4 Å². The van der Waals surface area contributed by atoms with Gasteiger partial charge in [-0.3, -0.25) is 18.8 Å². The van der Waals surface area contributed by atoms with Crippen LogP contribution in [0.5, 0.6) is 0 Å². The van der Waals surface area contributed by atoms with Crippen molar-refractivity contribution in [1.29, 1.82) is 0 Å². The van der Waals surface area contributed by atoms with Crippen molar-refractivity contribution in [2.24, 2.45) is 12.8 Å². The first-order valence-corrected chi connectivity index (χ1v) is 12.7. The van der Waals surface area contributed by atoms with Gasteiger partial charge in [-0.25, -0.2) is 14.1 Å². The highest BCUT2D eigenvalue weighted by atomic mass is 19.1. The molecule has 0 unspecified atom stereocenters. The van der Waals surface area contributed by atoms with E-state index < -0.39 is 5.91 Å². The molecule has 206 valence electrons. The molecule has 2 aromatic carbocycles. The molecular formula is C29H26FN9O2. The summed E-state index contributed by atoms with van der Waals surface area (Å²) in [5.74, 6) is 6.51. The lowest BCUT2D eigenvalue weighted by atomic mass is 10.1. The minimum Gasteiger partial charge on any atom is -0.381 e. The average Bonchev–Trinajstić information content (AvgIpc) is 3.54. The molecule has 11 nitrogen and oxygen atoms in total. The predicted octanol–water partition coefficient (Wildman–Crippen LogP) is 2.68. The van der Waals surface area contributed by atoms with Gasteiger partial charge in [0.15, 0.2) is 5.82 Å². The number of aryl methyl sites for hydroxylation is 2. The molecule has 5 aromatic rings. The van der Waals surface area contributed by atoms with Crippen molar-refractivity contribution in [1.82, 2.24) is 29.1 Å². The maximum absolute atomic E-state index is 13.4. The fourth-order valence-electron chi connectivity index (χ4n) is 4.38. The summed E-state index contributed by atoms with van der Waals surface area (Å²) in [7, 11) is 1.82. The summed E-state index contributed by atoms with van der Waals surface area (Å²) in [5.41, 5.74) is 13.2. The smallest absolute Gasteiger partial charge is 0.267 e. The number of nitrogens with two attached hydrogens (primary N) is 2. The third-order valence-corrected chi connectivity index (χ3v) is 6.23. The van der Waals surface area contributed by atoms with Crippen LogP contribution in [0.3, 0.4) is 0 Å². The summed E-state index contributed by atoms with van der Waals surface area (Å²) in [6, 6.07) is 11.3. The molecule has 1 amide bonds. The van der Waals surface area contributed by atoms with E-state index in [2.05, 4.69) is 32.3 Å². The number of halogens is 1. The highest BCUT2D eigenvalue weighted by molar-refractivity contribution is 6.02. The average molecular weight is 552 g/mol. The standard InChI is InChI=1S/C22H17FN4O.C7H9N5O/c1-3-20-25-19-6-4-5-16(8-7-15-13-24-26(2)14-15)21(19)22(28)27(20)18-11-9-17(23)10-12-18;8-5-4(6(9)13)7-10-2-1-3-12(7)11-5/h4-6,9-14H,3H2,1-2H3;1,3,10H,2H2,(H2,8,11)(H2,9,13). The molecular weight excluding hydrogens is 525 g/mol. The Labute approximate surface area is 233 Å². The molecule has 0 atom stereocenters. The summed E-state index contributed by atoms with van der Waals surface area (Å²) in [5, 5.41) is 11.4. The number of carbonyl (C=O) groups is 1. The number of hydrogen-bond donors (Lipinski definition) is 3. The first kappa shape index (κ1) is 26.9. The number of amides is 1. The topological polar surface area (TPSA) is 152 Å². The molecule has 3 aromatic heterocycles. The van der Waals surface area contributed by atoms with Crippen LogP contribution in [0.15, 0.2) is 65.7 Å². The molecule has 0 radical (unpaired) electrons. The van der Waals surface area contributed by atoms with Crippen molar-refractivity contribution in [3.05, 3.63) is 99.6 Å². The number of anilines is 2. The quantitative estimate of drug-likeness (QED) is 0.292. The van der Waals surface area contributed by atoms with Gasteiger partial charge in [0, 0.05) is 38.0 Å². The van der Waals surface area contributed by atoms with Gasteiger partial charge in [0.1, 0.15) is 23.0 Å². The SMILES string of the molecule is CCc1nc2cccc(C#Cc3cnn(C)c3)c2c(=O)n1-c1ccc(F)cc1.NC(=O)c1c(N)nn2c1NCC=C2. The summed E-state index contributed by atoms with van der Waals surface area (Å²) in [6.07, 6.45) is 7.64. The largest absolute Gasteiger partial charge is 0.381 e. The van der Waals surface area contributed by atoms with Gasteiger partial charge in [0.2, 0.25) is 0 Å². The summed E-state index contributed by atoms with van der Waals surface area (Å²) in [4.78, 5) is 29.0. The highest BCUT2D eigenvalue weighted by Gasteiger charge is 2.20. The van der Waals surface area contributed by atoms with Crippen LogP contribution in [0.4, 0.5) is 16.0 Å². The fourth-order valence-corrected chi connectivity index (χ4v) is 4.38. The van der Waals surface area contributed by atoms with Crippen LogP contribution in [0.25, 0.3) is 22.8 Å². The Balaban J connectivity index is 0.000000216. The summed E-state index contributed by atoms with van der Waals surface area (Å²) >= 11 is 0. The number of benzene rings is 2. The molecule has 6 rings (SSSR count). The van der Waals surface area contributed by atoms with E-state index in [-0.39, 0.29) is 22.8 Å². The van der Waals surface area contributed by atoms with Crippen LogP contribution in [0.2, 0.25) is 0 Å². The molecule has 0 bridgehead atoms. The molecule has 12 heteroatoms. The Morgan fingerprint density at radius 2 is 1.95 bits per heavy atom. The third-order valence-electron chi connectivity index (χ3n) is 6.23. The molecule has 0 fully saturated rings. The van der Waals surface area contributed by atoms with Crippen molar-refractivity contribution in [3.63, 3.8) is 0 Å². The number of fused-ring (bicyclic) bond motifs is 2. The second-order valence-corrected chi connectivity index (χ2v) is 9.03. The van der Waals surface area contributed by atoms with E-state index in [0.29, 0.717) is 46.8 Å². The molecule has 5 N–H and O–H groups in total. The molecule has 0 spiro atoms. The van der Waals surface area contributed by atoms with E-state index in [1.54, 1.807) is 41.3 Å². The van der Waals surface area contributed by atoms with Crippen molar-refractivity contribution in [2.45, 2.75) is 13.3 Å². The van der Waals surface area contributed by atoms with Gasteiger partial charge in [-0.05, 0) is 42.5 Å². The summed E-state index contributed by atoms with van der Waals surface area (Å²) < 4.78 is 18.0. The molecule has 4 heterocycles. The number of primary amides is 1. The van der Waals surface area contributed by atoms with E-state index in [0.717, 1.165) is 5.56 Å². The summed E-state index contributed by atoms with van der Waals surface area (Å²) in [6.45, 7) is 2.57. The Hall–Kier alpha value is -5.70. The first-order valence-electron chi connectivity index (χ1n) is 12.7. The molecule has 0 saturated carbocycles. The highest BCUT2D eigenvalue weighted by Crippen LogP contribution is 2.23. The van der Waals surface area contributed by atoms with Crippen molar-refractivity contribution < 1.29 is 9.18 Å². The molecule has 1 aliphatic rings. The maximum Gasteiger partial charge on any atom is 0.267 e. The van der Waals surface area contributed by atoms with E-state index in [1.807, 2.05) is 32.3 Å². The van der Waals surface area contributed by atoms with E-state index in [4.69, 9.17) is 11.5 Å². The van der Waals surface area contributed by atoms with Crippen LogP contribution >= 0.6 is 0 Å². The van der Waals surface area contributed by atoms with Gasteiger partial charge in [0.25, 0.3) is 11.5 Å². The number of carbonyl (C=O) groups excluding carboxylic acids is 1. The fraction of sp³-hybridized carbons (Fsp3) is 0.138. The van der Waals surface area contributed by atoms with Crippen LogP contribution in [-0.4, -0.2) is 41.6 Å². The normalized spacial score (nSPS) is 11.6. The Morgan fingerprint density at radius 3 is 2.63 bits per heavy atom. The second-order valence-electron chi connectivity index (χ2n) is 9.03. The number of hydrogen-bond acceptors (Lipinski definition) is 7. The molecule has 0 saturated heterocycles. The Kier molecular flexibility index (Phi) is 7.34. The second kappa shape index (κ2) is 11.2. The van der Waals surface area contributed by atoms with Gasteiger partial charge in [-0.2, -0.15) is 5.10 Å². The zero-order chi connectivity index (χ0) is 29.1. The van der Waals surface area contributed by atoms with Crippen molar-refractivity contribution >= 4 is 34.6 Å². The lowest BCUT2D eigenvalue weighted by molar-refractivity contribution is 0.100. The van der Waals surface area contributed by atoms with Crippen LogP contribution in [-0.2, 0) is 13.5 Å². The maximum atomic E-state index is 13.4. The van der Waals surface area contributed by atoms with Gasteiger partial charge < -0.3 is 16.8 Å². The lowest BCUT2D eigenvalue weighted by Gasteiger charge is -2.13. The third kappa shape index (κ3) is 5.41. The Morgan fingerprint density at radius 1 is 1.17 bits per heavy atom. The zero-order valence-electron chi connectivity index (χ0n) is 22.3. The van der Waals surface area contributed by atoms with Crippen LogP contribution in [0, 0.1) is 17.7 Å². The number of rotatable bonds is 3. The van der Waals surface area contributed by atoms with Gasteiger partial charge >= 0.3 is 0 Å². The number of aromatic nitrogens is 6.